The molecule has 0 amide bonds. The Balaban J connectivity index is 2.02. The van der Waals surface area contributed by atoms with Crippen LogP contribution in [-0.2, 0) is 6.42 Å². The topological polar surface area (TPSA) is 55.3 Å². The Hall–Kier alpha value is -1.55. The summed E-state index contributed by atoms with van der Waals surface area (Å²) in [5.41, 5.74) is 9.04. The monoisotopic (exact) mass is 245 g/mol. The maximum atomic E-state index is 6.05. The molecule has 1 saturated heterocycles. The summed E-state index contributed by atoms with van der Waals surface area (Å²) in [6.07, 6.45) is 3.09. The van der Waals surface area contributed by atoms with Crippen molar-refractivity contribution in [2.75, 3.05) is 18.0 Å². The lowest BCUT2D eigenvalue weighted by Crippen LogP contribution is -2.42. The molecule has 4 heteroatoms. The molecule has 0 radical (unpaired) electrons. The van der Waals surface area contributed by atoms with Gasteiger partial charge in [0.1, 0.15) is 5.52 Å². The largest absolute Gasteiger partial charge is 0.439 e. The number of nitrogens with two attached hydrogens (primary N) is 1. The summed E-state index contributed by atoms with van der Waals surface area (Å²) in [6, 6.07) is 6.42. The summed E-state index contributed by atoms with van der Waals surface area (Å²) in [5.74, 6) is 0.804. The summed E-state index contributed by atoms with van der Waals surface area (Å²) in [6.45, 7) is 4.01. The quantitative estimate of drug-likeness (QED) is 0.882. The van der Waals surface area contributed by atoms with E-state index in [0.717, 1.165) is 55.0 Å². The maximum Gasteiger partial charge on any atom is 0.195 e. The van der Waals surface area contributed by atoms with Crippen LogP contribution >= 0.6 is 0 Å². The van der Waals surface area contributed by atoms with Crippen molar-refractivity contribution in [1.29, 1.82) is 0 Å². The van der Waals surface area contributed by atoms with Gasteiger partial charge in [0.2, 0.25) is 0 Å². The van der Waals surface area contributed by atoms with Gasteiger partial charge in [-0.05, 0) is 25.0 Å². The number of aromatic nitrogens is 1. The molecule has 3 rings (SSSR count). The second-order valence-corrected chi connectivity index (χ2v) is 4.93. The Labute approximate surface area is 107 Å². The molecule has 0 saturated carbocycles. The minimum atomic E-state index is 0.266. The first-order valence-electron chi connectivity index (χ1n) is 6.67. The van der Waals surface area contributed by atoms with E-state index >= 15 is 0 Å². The summed E-state index contributed by atoms with van der Waals surface area (Å²) in [4.78, 5) is 6.80. The molecule has 0 bridgehead atoms. The molecule has 96 valence electrons. The van der Waals surface area contributed by atoms with Crippen LogP contribution in [0.1, 0.15) is 25.7 Å². The highest BCUT2D eigenvalue weighted by Gasteiger charge is 2.20. The third kappa shape index (κ3) is 1.97. The average Bonchev–Trinajstić information content (AvgIpc) is 2.81. The predicted octanol–water partition coefficient (Wildman–Crippen LogP) is 2.32. The lowest BCUT2D eigenvalue weighted by atomic mass is 10.1. The molecule has 1 aromatic heterocycles. The van der Waals surface area contributed by atoms with Gasteiger partial charge in [-0.25, -0.2) is 4.98 Å². The number of piperidine rings is 1. The summed E-state index contributed by atoms with van der Waals surface area (Å²) >= 11 is 0. The Morgan fingerprint density at radius 1 is 1.50 bits per heavy atom. The highest BCUT2D eigenvalue weighted by Crippen LogP contribution is 2.29. The van der Waals surface area contributed by atoms with E-state index < -0.39 is 0 Å². The van der Waals surface area contributed by atoms with Crippen LogP contribution in [0, 0.1) is 0 Å². The minimum Gasteiger partial charge on any atom is -0.439 e. The minimum absolute atomic E-state index is 0.266. The third-order valence-corrected chi connectivity index (χ3v) is 3.54. The van der Waals surface area contributed by atoms with Gasteiger partial charge in [0.25, 0.3) is 0 Å². The van der Waals surface area contributed by atoms with Gasteiger partial charge in [0.05, 0.1) is 5.69 Å². The van der Waals surface area contributed by atoms with Crippen LogP contribution in [0.15, 0.2) is 22.6 Å². The lowest BCUT2D eigenvalue weighted by Gasteiger charge is -2.32. The molecule has 1 fully saturated rings. The van der Waals surface area contributed by atoms with E-state index in [1.54, 1.807) is 0 Å². The zero-order valence-electron chi connectivity index (χ0n) is 10.7. The van der Waals surface area contributed by atoms with E-state index in [-0.39, 0.29) is 6.04 Å². The SMILES string of the molecule is CCc1nc2cccc(N3CCCC(N)C3)c2o1. The molecule has 0 aliphatic carbocycles. The molecule has 1 atom stereocenters. The van der Waals surface area contributed by atoms with Gasteiger partial charge < -0.3 is 15.1 Å². The second kappa shape index (κ2) is 4.61. The van der Waals surface area contributed by atoms with Gasteiger partial charge in [0, 0.05) is 25.6 Å². The fourth-order valence-corrected chi connectivity index (χ4v) is 2.61. The molecule has 0 spiro atoms. The Morgan fingerprint density at radius 3 is 3.17 bits per heavy atom. The smallest absolute Gasteiger partial charge is 0.195 e. The number of hydrogen-bond donors (Lipinski definition) is 1. The van der Waals surface area contributed by atoms with Crippen molar-refractivity contribution in [1.82, 2.24) is 4.98 Å². The van der Waals surface area contributed by atoms with E-state index in [1.807, 2.05) is 12.1 Å². The summed E-state index contributed by atoms with van der Waals surface area (Å²) in [7, 11) is 0. The van der Waals surface area contributed by atoms with Crippen molar-refractivity contribution in [3.8, 4) is 0 Å². The van der Waals surface area contributed by atoms with Crippen LogP contribution in [0.25, 0.3) is 11.1 Å². The molecular weight excluding hydrogens is 226 g/mol. The molecule has 2 aromatic rings. The van der Waals surface area contributed by atoms with Gasteiger partial charge in [-0.15, -0.1) is 0 Å². The third-order valence-electron chi connectivity index (χ3n) is 3.54. The van der Waals surface area contributed by atoms with Crippen molar-refractivity contribution in [2.45, 2.75) is 32.2 Å². The van der Waals surface area contributed by atoms with Crippen molar-refractivity contribution < 1.29 is 4.42 Å². The zero-order chi connectivity index (χ0) is 12.5. The average molecular weight is 245 g/mol. The number of hydrogen-bond acceptors (Lipinski definition) is 4. The summed E-state index contributed by atoms with van der Waals surface area (Å²) < 4.78 is 5.84. The van der Waals surface area contributed by atoms with E-state index in [0.29, 0.717) is 0 Å². The van der Waals surface area contributed by atoms with Crippen LogP contribution in [0.3, 0.4) is 0 Å². The van der Waals surface area contributed by atoms with Crippen LogP contribution in [0.2, 0.25) is 0 Å². The number of aryl methyl sites for hydroxylation is 1. The van der Waals surface area contributed by atoms with E-state index in [1.165, 1.54) is 0 Å². The molecular formula is C14H19N3O. The zero-order valence-corrected chi connectivity index (χ0v) is 10.7. The first-order chi connectivity index (χ1) is 8.78. The first kappa shape index (κ1) is 11.5. The number of fused-ring (bicyclic) bond motifs is 1. The fourth-order valence-electron chi connectivity index (χ4n) is 2.61. The highest BCUT2D eigenvalue weighted by atomic mass is 16.3. The van der Waals surface area contributed by atoms with E-state index in [4.69, 9.17) is 10.2 Å². The number of anilines is 1. The van der Waals surface area contributed by atoms with Crippen LogP contribution in [-0.4, -0.2) is 24.1 Å². The van der Waals surface area contributed by atoms with Gasteiger partial charge in [-0.1, -0.05) is 13.0 Å². The lowest BCUT2D eigenvalue weighted by molar-refractivity contribution is 0.500. The van der Waals surface area contributed by atoms with Gasteiger partial charge >= 0.3 is 0 Å². The number of nitrogens with zero attached hydrogens (tertiary/aromatic N) is 2. The highest BCUT2D eigenvalue weighted by molar-refractivity contribution is 5.86. The van der Waals surface area contributed by atoms with Gasteiger partial charge in [-0.2, -0.15) is 0 Å². The molecule has 1 unspecified atom stereocenters. The fraction of sp³-hybridized carbons (Fsp3) is 0.500. The van der Waals surface area contributed by atoms with E-state index in [9.17, 15) is 0 Å². The second-order valence-electron chi connectivity index (χ2n) is 4.93. The number of rotatable bonds is 2. The summed E-state index contributed by atoms with van der Waals surface area (Å²) in [5, 5.41) is 0. The van der Waals surface area contributed by atoms with Crippen molar-refractivity contribution in [3.63, 3.8) is 0 Å². The Bertz CT molecular complexity index is 549. The Kier molecular flexibility index (Phi) is 2.96. The molecule has 4 nitrogen and oxygen atoms in total. The van der Waals surface area contributed by atoms with Crippen molar-refractivity contribution in [3.05, 3.63) is 24.1 Å². The molecule has 2 N–H and O–H groups in total. The number of benzene rings is 1. The van der Waals surface area contributed by atoms with Crippen LogP contribution in [0.4, 0.5) is 5.69 Å². The maximum absolute atomic E-state index is 6.05. The van der Waals surface area contributed by atoms with Crippen LogP contribution in [0.5, 0.6) is 0 Å². The van der Waals surface area contributed by atoms with Crippen molar-refractivity contribution in [2.24, 2.45) is 5.73 Å². The molecule has 1 aliphatic heterocycles. The van der Waals surface area contributed by atoms with E-state index in [2.05, 4.69) is 22.9 Å². The normalized spacial score (nSPS) is 20.6. The van der Waals surface area contributed by atoms with Crippen molar-refractivity contribution >= 4 is 16.8 Å². The number of para-hydroxylation sites is 1. The van der Waals surface area contributed by atoms with Gasteiger partial charge in [0.15, 0.2) is 11.5 Å². The molecule has 2 heterocycles. The molecule has 1 aromatic carbocycles. The van der Waals surface area contributed by atoms with Gasteiger partial charge in [-0.3, -0.25) is 0 Å². The number of oxazole rings is 1. The first-order valence-corrected chi connectivity index (χ1v) is 6.67. The Morgan fingerprint density at radius 2 is 2.39 bits per heavy atom. The molecule has 1 aliphatic rings. The standard InChI is InChI=1S/C14H19N3O/c1-2-13-16-11-6-3-7-12(14(11)18-13)17-8-4-5-10(15)9-17/h3,6-7,10H,2,4-5,8-9,15H2,1H3. The van der Waals surface area contributed by atoms with Crippen LogP contribution < -0.4 is 10.6 Å². The molecule has 18 heavy (non-hydrogen) atoms. The predicted molar refractivity (Wildman–Crippen MR) is 72.8 cm³/mol.